The lowest BCUT2D eigenvalue weighted by atomic mass is 10.6. The molecule has 0 amide bonds. The van der Waals surface area contributed by atoms with Gasteiger partial charge in [-0.05, 0) is 21.7 Å². The van der Waals surface area contributed by atoms with Crippen LogP contribution in [0, 0.1) is 0 Å². The molecule has 0 aromatic carbocycles. The van der Waals surface area contributed by atoms with Crippen LogP contribution in [0.25, 0.3) is 0 Å². The lowest BCUT2D eigenvalue weighted by Gasteiger charge is -2.04. The van der Waals surface area contributed by atoms with Crippen molar-refractivity contribution in [1.82, 2.24) is 9.55 Å². The molecule has 0 fully saturated rings. The second-order valence-corrected chi connectivity index (χ2v) is 5.09. The maximum absolute atomic E-state index is 11.6. The van der Waals surface area contributed by atoms with E-state index < -0.39 is 0 Å². The van der Waals surface area contributed by atoms with Crippen molar-refractivity contribution in [3.05, 3.63) is 26.3 Å². The molecular weight excluding hydrogens is 288 g/mol. The molecule has 1 heterocycles. The van der Waals surface area contributed by atoms with Crippen molar-refractivity contribution in [2.45, 2.75) is 13.5 Å². The van der Waals surface area contributed by atoms with Gasteiger partial charge in [0.2, 0.25) is 0 Å². The number of rotatable bonds is 4. The summed E-state index contributed by atoms with van der Waals surface area (Å²) < 4.78 is 1.89. The lowest BCUT2D eigenvalue weighted by molar-refractivity contribution is 0.709. The van der Waals surface area contributed by atoms with Crippen LogP contribution in [0.2, 0.25) is 5.15 Å². The van der Waals surface area contributed by atoms with E-state index in [-0.39, 0.29) is 10.7 Å². The highest BCUT2D eigenvalue weighted by atomic mass is 79.9. The Bertz CT molecular complexity index is 369. The Labute approximate surface area is 100.0 Å². The average Bonchev–Trinajstić information content (AvgIpc) is 2.18. The monoisotopic (exact) mass is 296 g/mol. The van der Waals surface area contributed by atoms with Crippen LogP contribution in [0.5, 0.6) is 0 Å². The SMILES string of the molecule is CCSCCn1cnc(Cl)c(Br)c1=O. The molecule has 0 radical (unpaired) electrons. The summed E-state index contributed by atoms with van der Waals surface area (Å²) in [6.07, 6.45) is 1.48. The van der Waals surface area contributed by atoms with E-state index in [4.69, 9.17) is 11.6 Å². The Hall–Kier alpha value is -0.000000000000000111. The van der Waals surface area contributed by atoms with E-state index in [1.807, 2.05) is 0 Å². The average molecular weight is 298 g/mol. The topological polar surface area (TPSA) is 34.9 Å². The molecule has 0 aliphatic carbocycles. The molecule has 0 saturated heterocycles. The van der Waals surface area contributed by atoms with Crippen molar-refractivity contribution in [2.75, 3.05) is 11.5 Å². The molecule has 0 bridgehead atoms. The van der Waals surface area contributed by atoms with Crippen LogP contribution in [0.1, 0.15) is 6.92 Å². The number of hydrogen-bond donors (Lipinski definition) is 0. The Balaban J connectivity index is 2.79. The molecule has 6 heteroatoms. The molecule has 14 heavy (non-hydrogen) atoms. The first-order valence-electron chi connectivity index (χ1n) is 4.15. The summed E-state index contributed by atoms with van der Waals surface area (Å²) in [7, 11) is 0. The maximum Gasteiger partial charge on any atom is 0.269 e. The van der Waals surface area contributed by atoms with Gasteiger partial charge in [-0.15, -0.1) is 0 Å². The van der Waals surface area contributed by atoms with E-state index in [2.05, 4.69) is 27.8 Å². The number of aromatic nitrogens is 2. The standard InChI is InChI=1S/C8H10BrClN2OS/c1-2-14-4-3-12-5-11-7(10)6(9)8(12)13/h5H,2-4H2,1H3. The number of nitrogens with zero attached hydrogens (tertiary/aromatic N) is 2. The Kier molecular flexibility index (Phi) is 4.98. The molecule has 0 N–H and O–H groups in total. The van der Waals surface area contributed by atoms with Gasteiger partial charge in [-0.25, -0.2) is 4.98 Å². The number of thioether (sulfide) groups is 1. The lowest BCUT2D eigenvalue weighted by Crippen LogP contribution is -2.22. The second-order valence-electron chi connectivity index (χ2n) is 2.54. The first-order valence-corrected chi connectivity index (χ1v) is 6.47. The van der Waals surface area contributed by atoms with Crippen molar-refractivity contribution in [3.8, 4) is 0 Å². The first kappa shape index (κ1) is 12.1. The Morgan fingerprint density at radius 3 is 3.07 bits per heavy atom. The second kappa shape index (κ2) is 5.78. The minimum Gasteiger partial charge on any atom is -0.297 e. The summed E-state index contributed by atoms with van der Waals surface area (Å²) in [5.41, 5.74) is -0.123. The van der Waals surface area contributed by atoms with Crippen LogP contribution in [-0.4, -0.2) is 21.1 Å². The van der Waals surface area contributed by atoms with Gasteiger partial charge in [-0.2, -0.15) is 11.8 Å². The van der Waals surface area contributed by atoms with E-state index in [0.717, 1.165) is 11.5 Å². The molecule has 0 saturated carbocycles. The smallest absolute Gasteiger partial charge is 0.269 e. The fourth-order valence-corrected chi connectivity index (χ4v) is 1.98. The molecule has 0 aliphatic rings. The zero-order chi connectivity index (χ0) is 10.6. The molecule has 78 valence electrons. The third-order valence-corrected chi connectivity index (χ3v) is 3.73. The molecular formula is C8H10BrClN2OS. The Morgan fingerprint density at radius 2 is 2.43 bits per heavy atom. The first-order chi connectivity index (χ1) is 6.66. The van der Waals surface area contributed by atoms with Gasteiger partial charge < -0.3 is 0 Å². The zero-order valence-corrected chi connectivity index (χ0v) is 10.8. The minimum atomic E-state index is -0.123. The van der Waals surface area contributed by atoms with Gasteiger partial charge in [0.05, 0.1) is 6.33 Å². The van der Waals surface area contributed by atoms with Crippen LogP contribution in [0.4, 0.5) is 0 Å². The quantitative estimate of drug-likeness (QED) is 0.632. The molecule has 0 unspecified atom stereocenters. The molecule has 1 aromatic heterocycles. The molecule has 0 spiro atoms. The third kappa shape index (κ3) is 3.00. The van der Waals surface area contributed by atoms with E-state index in [1.54, 1.807) is 16.3 Å². The molecule has 0 aliphatic heterocycles. The third-order valence-electron chi connectivity index (χ3n) is 1.62. The predicted molar refractivity (Wildman–Crippen MR) is 64.2 cm³/mol. The molecule has 0 atom stereocenters. The van der Waals surface area contributed by atoms with E-state index in [9.17, 15) is 4.79 Å². The highest BCUT2D eigenvalue weighted by Crippen LogP contribution is 2.13. The normalized spacial score (nSPS) is 10.5. The van der Waals surface area contributed by atoms with E-state index in [0.29, 0.717) is 11.0 Å². The largest absolute Gasteiger partial charge is 0.297 e. The van der Waals surface area contributed by atoms with Crippen molar-refractivity contribution < 1.29 is 0 Å². The van der Waals surface area contributed by atoms with Gasteiger partial charge >= 0.3 is 0 Å². The van der Waals surface area contributed by atoms with Crippen LogP contribution in [0.15, 0.2) is 15.6 Å². The van der Waals surface area contributed by atoms with Crippen molar-refractivity contribution in [1.29, 1.82) is 0 Å². The van der Waals surface area contributed by atoms with E-state index in [1.165, 1.54) is 6.33 Å². The van der Waals surface area contributed by atoms with Crippen molar-refractivity contribution in [2.24, 2.45) is 0 Å². The van der Waals surface area contributed by atoms with Gasteiger partial charge in [0.25, 0.3) is 5.56 Å². The maximum atomic E-state index is 11.6. The fourth-order valence-electron chi connectivity index (χ4n) is 0.910. The zero-order valence-electron chi connectivity index (χ0n) is 7.67. The van der Waals surface area contributed by atoms with Gasteiger partial charge in [-0.1, -0.05) is 18.5 Å². The van der Waals surface area contributed by atoms with Gasteiger partial charge in [-0.3, -0.25) is 9.36 Å². The van der Waals surface area contributed by atoms with Gasteiger partial charge in [0.15, 0.2) is 5.15 Å². The van der Waals surface area contributed by atoms with E-state index >= 15 is 0 Å². The molecule has 3 nitrogen and oxygen atoms in total. The summed E-state index contributed by atoms with van der Waals surface area (Å²) in [4.78, 5) is 15.5. The fraction of sp³-hybridized carbons (Fsp3) is 0.500. The van der Waals surface area contributed by atoms with Crippen LogP contribution in [0.3, 0.4) is 0 Å². The predicted octanol–water partition coefficient (Wildman–Crippen LogP) is 2.41. The van der Waals surface area contributed by atoms with Gasteiger partial charge in [0, 0.05) is 12.3 Å². The highest BCUT2D eigenvalue weighted by molar-refractivity contribution is 9.10. The van der Waals surface area contributed by atoms with Crippen molar-refractivity contribution >= 4 is 39.3 Å². The number of aryl methyl sites for hydroxylation is 1. The van der Waals surface area contributed by atoms with Crippen LogP contribution in [-0.2, 0) is 6.54 Å². The number of halogens is 2. The summed E-state index contributed by atoms with van der Waals surface area (Å²) in [6.45, 7) is 2.75. The summed E-state index contributed by atoms with van der Waals surface area (Å²) >= 11 is 10.6. The van der Waals surface area contributed by atoms with Crippen molar-refractivity contribution in [3.63, 3.8) is 0 Å². The minimum absolute atomic E-state index is 0.123. The molecule has 1 rings (SSSR count). The van der Waals surface area contributed by atoms with Crippen LogP contribution < -0.4 is 5.56 Å². The number of hydrogen-bond acceptors (Lipinski definition) is 3. The summed E-state index contributed by atoms with van der Waals surface area (Å²) in [5.74, 6) is 1.96. The van der Waals surface area contributed by atoms with Crippen LogP contribution >= 0.6 is 39.3 Å². The highest BCUT2D eigenvalue weighted by Gasteiger charge is 2.05. The summed E-state index contributed by atoms with van der Waals surface area (Å²) in [5, 5.41) is 0.217. The Morgan fingerprint density at radius 1 is 1.71 bits per heavy atom. The summed E-state index contributed by atoms with van der Waals surface area (Å²) in [6, 6.07) is 0. The van der Waals surface area contributed by atoms with Gasteiger partial charge in [0.1, 0.15) is 4.47 Å². The molecule has 1 aromatic rings.